The molecule has 184 valence electrons. The molecule has 2 amide bonds. The lowest BCUT2D eigenvalue weighted by Gasteiger charge is -2.39. The molecule has 2 N–H and O–H groups in total. The first-order valence-corrected chi connectivity index (χ1v) is 11.6. The summed E-state index contributed by atoms with van der Waals surface area (Å²) in [6.45, 7) is 1.32. The van der Waals surface area contributed by atoms with Crippen molar-refractivity contribution in [3.8, 4) is 0 Å². The Labute approximate surface area is 197 Å². The molecule has 3 aliphatic rings. The van der Waals surface area contributed by atoms with Crippen LogP contribution in [-0.2, 0) is 11.0 Å². The van der Waals surface area contributed by atoms with Gasteiger partial charge in [-0.05, 0) is 42.4 Å². The number of amides is 2. The van der Waals surface area contributed by atoms with Crippen molar-refractivity contribution in [2.75, 3.05) is 26.2 Å². The molecule has 1 aliphatic heterocycles. The molecule has 5 rings (SSSR count). The van der Waals surface area contributed by atoms with Gasteiger partial charge in [0.05, 0.1) is 22.7 Å². The van der Waals surface area contributed by atoms with Gasteiger partial charge >= 0.3 is 6.18 Å². The van der Waals surface area contributed by atoms with Crippen molar-refractivity contribution in [3.05, 3.63) is 34.1 Å². The van der Waals surface area contributed by atoms with E-state index >= 15 is 0 Å². The van der Waals surface area contributed by atoms with Gasteiger partial charge in [0.2, 0.25) is 5.91 Å². The van der Waals surface area contributed by atoms with Crippen LogP contribution in [0.4, 0.5) is 13.2 Å². The Hall–Kier alpha value is -2.37. The van der Waals surface area contributed by atoms with E-state index in [1.54, 1.807) is 11.8 Å². The van der Waals surface area contributed by atoms with Crippen molar-refractivity contribution < 1.29 is 33.0 Å². The second kappa shape index (κ2) is 8.10. The second-order valence-corrected chi connectivity index (χ2v) is 9.86. The third-order valence-corrected chi connectivity index (χ3v) is 7.70. The first-order chi connectivity index (χ1) is 16.0. The number of pyridine rings is 1. The van der Waals surface area contributed by atoms with Crippen LogP contribution in [0.2, 0.25) is 5.02 Å². The maximum Gasteiger partial charge on any atom is 0.433 e. The molecule has 1 saturated heterocycles. The minimum Gasteiger partial charge on any atom is -0.396 e. The summed E-state index contributed by atoms with van der Waals surface area (Å²) in [4.78, 5) is 28.8. The van der Waals surface area contributed by atoms with Crippen LogP contribution in [0.15, 0.2) is 12.1 Å². The van der Waals surface area contributed by atoms with E-state index in [2.05, 4.69) is 5.10 Å². The molecule has 0 spiro atoms. The number of aliphatic hydroxyl groups is 2. The van der Waals surface area contributed by atoms with E-state index in [1.165, 1.54) is 11.0 Å². The summed E-state index contributed by atoms with van der Waals surface area (Å²) in [5.41, 5.74) is -1.38. The molecule has 8 nitrogen and oxygen atoms in total. The molecular formula is C22H24ClF3N4O4. The van der Waals surface area contributed by atoms with Gasteiger partial charge in [-0.2, -0.15) is 18.3 Å². The second-order valence-electron chi connectivity index (χ2n) is 9.48. The van der Waals surface area contributed by atoms with Crippen molar-refractivity contribution in [1.29, 1.82) is 0 Å². The van der Waals surface area contributed by atoms with Gasteiger partial charge in [0.15, 0.2) is 5.69 Å². The first kappa shape index (κ1) is 23.4. The standard InChI is InChI=1S/C22H24ClF3N4O4/c1-10(9-31)11-5-14-18(23)19(27-30(14)16(7-11)22(24,25)26)21(34)28-2-3-29(17(32)8-28)15-6-12-4-13(12)20(15)33/h5,7,10,12-13,15,20,31,33H,2-4,6,8-9H2,1H3. The molecule has 0 bridgehead atoms. The number of carbonyl (C=O) groups is 2. The summed E-state index contributed by atoms with van der Waals surface area (Å²) in [5, 5.41) is 23.4. The number of nitrogens with zero attached hydrogens (tertiary/aromatic N) is 4. The lowest BCUT2D eigenvalue weighted by molar-refractivity contribution is -0.142. The van der Waals surface area contributed by atoms with Crippen LogP contribution in [0.25, 0.3) is 5.52 Å². The molecule has 3 heterocycles. The smallest absolute Gasteiger partial charge is 0.396 e. The lowest BCUT2D eigenvalue weighted by atomic mass is 10.0. The van der Waals surface area contributed by atoms with E-state index in [9.17, 15) is 33.0 Å². The summed E-state index contributed by atoms with van der Waals surface area (Å²) >= 11 is 6.33. The number of hydrogen-bond donors (Lipinski definition) is 2. The SMILES string of the molecule is CC(CO)c1cc(C(F)(F)F)n2nc(C(=O)N3CCN(C4CC5CC5C4O)C(=O)C3)c(Cl)c2c1. The quantitative estimate of drug-likeness (QED) is 0.670. The van der Waals surface area contributed by atoms with Gasteiger partial charge in [0.25, 0.3) is 5.91 Å². The molecule has 2 aromatic heterocycles. The normalized spacial score (nSPS) is 27.9. The number of halogens is 4. The van der Waals surface area contributed by atoms with E-state index < -0.39 is 29.8 Å². The molecule has 3 fully saturated rings. The van der Waals surface area contributed by atoms with Crippen LogP contribution in [0, 0.1) is 11.8 Å². The van der Waals surface area contributed by atoms with Crippen LogP contribution >= 0.6 is 11.6 Å². The minimum atomic E-state index is -4.77. The van der Waals surface area contributed by atoms with E-state index in [0.717, 1.165) is 18.9 Å². The largest absolute Gasteiger partial charge is 0.433 e. The molecule has 12 heteroatoms. The predicted molar refractivity (Wildman–Crippen MR) is 114 cm³/mol. The van der Waals surface area contributed by atoms with Crippen molar-refractivity contribution in [3.63, 3.8) is 0 Å². The number of alkyl halides is 3. The fourth-order valence-electron chi connectivity index (χ4n) is 5.23. The number of rotatable bonds is 4. The van der Waals surface area contributed by atoms with E-state index in [0.29, 0.717) is 10.4 Å². The Morgan fingerprint density at radius 3 is 2.62 bits per heavy atom. The topological polar surface area (TPSA) is 98.4 Å². The summed E-state index contributed by atoms with van der Waals surface area (Å²) in [5.74, 6) is -0.943. The molecule has 2 saturated carbocycles. The van der Waals surface area contributed by atoms with E-state index in [1.807, 2.05) is 0 Å². The summed E-state index contributed by atoms with van der Waals surface area (Å²) in [6, 6.07) is 2.00. The number of aromatic nitrogens is 2. The third-order valence-electron chi connectivity index (χ3n) is 7.33. The Balaban J connectivity index is 1.42. The van der Waals surface area contributed by atoms with Gasteiger partial charge in [-0.1, -0.05) is 18.5 Å². The monoisotopic (exact) mass is 500 g/mol. The van der Waals surface area contributed by atoms with E-state index in [4.69, 9.17) is 11.6 Å². The fourth-order valence-corrected chi connectivity index (χ4v) is 5.49. The number of aliphatic hydroxyl groups excluding tert-OH is 2. The van der Waals surface area contributed by atoms with Crippen LogP contribution < -0.4 is 0 Å². The van der Waals surface area contributed by atoms with Crippen LogP contribution in [0.3, 0.4) is 0 Å². The molecule has 5 atom stereocenters. The fraction of sp³-hybridized carbons (Fsp3) is 0.591. The number of piperazine rings is 1. The molecule has 5 unspecified atom stereocenters. The average molecular weight is 501 g/mol. The third kappa shape index (κ3) is 3.74. The van der Waals surface area contributed by atoms with Crippen molar-refractivity contribution in [2.24, 2.45) is 11.8 Å². The van der Waals surface area contributed by atoms with Crippen molar-refractivity contribution in [1.82, 2.24) is 19.4 Å². The Kier molecular flexibility index (Phi) is 5.57. The van der Waals surface area contributed by atoms with E-state index in [-0.39, 0.29) is 65.9 Å². The molecule has 0 aromatic carbocycles. The molecular weight excluding hydrogens is 477 g/mol. The Bertz CT molecular complexity index is 1170. The highest BCUT2D eigenvalue weighted by Crippen LogP contribution is 2.53. The van der Waals surface area contributed by atoms with Crippen LogP contribution in [-0.4, -0.2) is 79.8 Å². The minimum absolute atomic E-state index is 0.103. The number of hydrogen-bond acceptors (Lipinski definition) is 5. The van der Waals surface area contributed by atoms with Gasteiger partial charge in [-0.15, -0.1) is 0 Å². The highest BCUT2D eigenvalue weighted by Gasteiger charge is 2.55. The molecule has 2 aliphatic carbocycles. The Morgan fingerprint density at radius 2 is 2.03 bits per heavy atom. The zero-order valence-electron chi connectivity index (χ0n) is 18.3. The van der Waals surface area contributed by atoms with Gasteiger partial charge < -0.3 is 20.0 Å². The molecule has 2 aromatic rings. The zero-order chi connectivity index (χ0) is 24.5. The Morgan fingerprint density at radius 1 is 1.29 bits per heavy atom. The lowest BCUT2D eigenvalue weighted by Crippen LogP contribution is -2.57. The van der Waals surface area contributed by atoms with Crippen LogP contribution in [0.5, 0.6) is 0 Å². The van der Waals surface area contributed by atoms with Crippen LogP contribution in [0.1, 0.15) is 47.4 Å². The van der Waals surface area contributed by atoms with Crippen molar-refractivity contribution >= 4 is 28.9 Å². The van der Waals surface area contributed by atoms with Gasteiger partial charge in [-0.25, -0.2) is 4.52 Å². The maximum absolute atomic E-state index is 13.7. The average Bonchev–Trinajstić information content (AvgIpc) is 3.40. The maximum atomic E-state index is 13.7. The summed E-state index contributed by atoms with van der Waals surface area (Å²) in [6.07, 6.45) is -3.60. The summed E-state index contributed by atoms with van der Waals surface area (Å²) < 4.78 is 41.8. The number of fused-ring (bicyclic) bond motifs is 2. The van der Waals surface area contributed by atoms with Crippen molar-refractivity contribution in [2.45, 2.75) is 44.0 Å². The number of carbonyl (C=O) groups excluding carboxylic acids is 2. The highest BCUT2D eigenvalue weighted by atomic mass is 35.5. The molecule has 0 radical (unpaired) electrons. The predicted octanol–water partition coefficient (Wildman–Crippen LogP) is 2.16. The molecule has 34 heavy (non-hydrogen) atoms. The first-order valence-electron chi connectivity index (χ1n) is 11.2. The zero-order valence-corrected chi connectivity index (χ0v) is 19.1. The van der Waals surface area contributed by atoms with Gasteiger partial charge in [-0.3, -0.25) is 9.59 Å². The summed E-state index contributed by atoms with van der Waals surface area (Å²) in [7, 11) is 0. The van der Waals surface area contributed by atoms with Gasteiger partial charge in [0, 0.05) is 25.6 Å². The van der Waals surface area contributed by atoms with Gasteiger partial charge in [0.1, 0.15) is 12.2 Å². The highest BCUT2D eigenvalue weighted by molar-refractivity contribution is 6.36.